The van der Waals surface area contributed by atoms with Gasteiger partial charge in [-0.15, -0.1) is 0 Å². The van der Waals surface area contributed by atoms with E-state index in [1.807, 2.05) is 55.2 Å². The molecule has 0 aliphatic carbocycles. The summed E-state index contributed by atoms with van der Waals surface area (Å²) in [6.45, 7) is 8.38. The van der Waals surface area contributed by atoms with Gasteiger partial charge in [0.15, 0.2) is 5.82 Å². The van der Waals surface area contributed by atoms with Crippen molar-refractivity contribution >= 4 is 23.5 Å². The van der Waals surface area contributed by atoms with Gasteiger partial charge in [-0.05, 0) is 44.5 Å². The third-order valence-electron chi connectivity index (χ3n) is 6.50. The van der Waals surface area contributed by atoms with E-state index in [1.54, 1.807) is 0 Å². The smallest absolute Gasteiger partial charge is 0.319 e. The second-order valence-corrected chi connectivity index (χ2v) is 8.98. The van der Waals surface area contributed by atoms with Crippen molar-refractivity contribution in [3.63, 3.8) is 0 Å². The molecule has 1 saturated heterocycles. The van der Waals surface area contributed by atoms with Gasteiger partial charge >= 0.3 is 6.03 Å². The molecule has 2 aliphatic rings. The highest BCUT2D eigenvalue weighted by Crippen LogP contribution is 2.32. The fourth-order valence-corrected chi connectivity index (χ4v) is 4.69. The maximum absolute atomic E-state index is 11.9. The third-order valence-corrected chi connectivity index (χ3v) is 6.50. The minimum absolute atomic E-state index is 0.219. The molecule has 3 aromatic rings. The van der Waals surface area contributed by atoms with Crippen LogP contribution in [0.1, 0.15) is 25.1 Å². The number of nitrogens with zero attached hydrogens (tertiary/aromatic N) is 6. The SMILES string of the molecule is CCNC(=O)Nc1ccc(-c2nc3c(c(N4CCOC[C@@H]4C)n2)CCN(c2nccn2C)C3)cc1. The molecule has 0 radical (unpaired) electrons. The monoisotopic (exact) mass is 476 g/mol. The molecule has 2 aliphatic heterocycles. The molecule has 0 saturated carbocycles. The molecule has 10 heteroatoms. The average molecular weight is 477 g/mol. The maximum atomic E-state index is 11.9. The number of anilines is 3. The molecule has 5 rings (SSSR count). The number of urea groups is 1. The summed E-state index contributed by atoms with van der Waals surface area (Å²) in [6.07, 6.45) is 4.65. The maximum Gasteiger partial charge on any atom is 0.319 e. The molecule has 0 spiro atoms. The van der Waals surface area contributed by atoms with Crippen LogP contribution in [0.5, 0.6) is 0 Å². The van der Waals surface area contributed by atoms with Crippen LogP contribution in [-0.4, -0.2) is 64.4 Å². The number of nitrogens with one attached hydrogen (secondary N) is 2. The molecule has 0 unspecified atom stereocenters. The predicted molar refractivity (Wildman–Crippen MR) is 136 cm³/mol. The van der Waals surface area contributed by atoms with Crippen molar-refractivity contribution in [3.05, 3.63) is 47.9 Å². The number of imidazole rings is 1. The van der Waals surface area contributed by atoms with Gasteiger partial charge in [0.1, 0.15) is 5.82 Å². The van der Waals surface area contributed by atoms with E-state index in [2.05, 4.69) is 32.3 Å². The lowest BCUT2D eigenvalue weighted by Gasteiger charge is -2.38. The molecule has 35 heavy (non-hydrogen) atoms. The number of benzene rings is 1. The van der Waals surface area contributed by atoms with Crippen LogP contribution in [0, 0.1) is 0 Å². The molecule has 1 aromatic carbocycles. The second-order valence-electron chi connectivity index (χ2n) is 8.98. The van der Waals surface area contributed by atoms with Crippen LogP contribution < -0.4 is 20.4 Å². The van der Waals surface area contributed by atoms with Crippen LogP contribution in [0.2, 0.25) is 0 Å². The molecule has 2 amide bonds. The van der Waals surface area contributed by atoms with Crippen molar-refractivity contribution in [3.8, 4) is 11.4 Å². The number of hydrogen-bond acceptors (Lipinski definition) is 7. The van der Waals surface area contributed by atoms with Gasteiger partial charge in [0.05, 0.1) is 31.5 Å². The van der Waals surface area contributed by atoms with Gasteiger partial charge in [-0.2, -0.15) is 0 Å². The number of carbonyl (C=O) groups excluding carboxylic acids is 1. The van der Waals surface area contributed by atoms with Gasteiger partial charge < -0.3 is 29.7 Å². The van der Waals surface area contributed by atoms with Gasteiger partial charge in [-0.3, -0.25) is 0 Å². The molecule has 184 valence electrons. The van der Waals surface area contributed by atoms with E-state index < -0.39 is 0 Å². The highest BCUT2D eigenvalue weighted by Gasteiger charge is 2.29. The normalized spacial score (nSPS) is 17.7. The van der Waals surface area contributed by atoms with Crippen LogP contribution in [0.3, 0.4) is 0 Å². The number of ether oxygens (including phenoxy) is 1. The zero-order valence-electron chi connectivity index (χ0n) is 20.5. The number of morpholine rings is 1. The summed E-state index contributed by atoms with van der Waals surface area (Å²) in [4.78, 5) is 31.1. The van der Waals surface area contributed by atoms with Crippen molar-refractivity contribution in [2.75, 3.05) is 48.0 Å². The minimum atomic E-state index is -0.219. The van der Waals surface area contributed by atoms with Crippen LogP contribution in [0.15, 0.2) is 36.7 Å². The molecule has 0 bridgehead atoms. The van der Waals surface area contributed by atoms with Gasteiger partial charge in [0.25, 0.3) is 0 Å². The molecular formula is C25H32N8O2. The van der Waals surface area contributed by atoms with E-state index in [0.717, 1.165) is 48.2 Å². The van der Waals surface area contributed by atoms with Crippen molar-refractivity contribution in [1.29, 1.82) is 0 Å². The van der Waals surface area contributed by atoms with E-state index in [1.165, 1.54) is 5.56 Å². The molecule has 2 aromatic heterocycles. The number of carbonyl (C=O) groups is 1. The summed E-state index contributed by atoms with van der Waals surface area (Å²) in [5, 5.41) is 5.58. The Hall–Kier alpha value is -3.66. The lowest BCUT2D eigenvalue weighted by molar-refractivity contribution is 0.0984. The van der Waals surface area contributed by atoms with E-state index in [0.29, 0.717) is 32.1 Å². The van der Waals surface area contributed by atoms with Crippen LogP contribution >= 0.6 is 0 Å². The summed E-state index contributed by atoms with van der Waals surface area (Å²) in [5.41, 5.74) is 3.87. The third kappa shape index (κ3) is 4.79. The Kier molecular flexibility index (Phi) is 6.54. The average Bonchev–Trinajstić information content (AvgIpc) is 3.30. The number of fused-ring (bicyclic) bond motifs is 1. The summed E-state index contributed by atoms with van der Waals surface area (Å²) >= 11 is 0. The first-order chi connectivity index (χ1) is 17.0. The summed E-state index contributed by atoms with van der Waals surface area (Å²) in [5.74, 6) is 2.63. The molecule has 1 fully saturated rings. The molecule has 1 atom stereocenters. The van der Waals surface area contributed by atoms with Crippen molar-refractivity contribution in [2.45, 2.75) is 32.9 Å². The molecule has 2 N–H and O–H groups in total. The van der Waals surface area contributed by atoms with E-state index in [9.17, 15) is 4.79 Å². The Morgan fingerprint density at radius 2 is 2.03 bits per heavy atom. The lowest BCUT2D eigenvalue weighted by Crippen LogP contribution is -2.45. The highest BCUT2D eigenvalue weighted by atomic mass is 16.5. The summed E-state index contributed by atoms with van der Waals surface area (Å²) in [6, 6.07) is 7.69. The first kappa shape index (κ1) is 23.1. The molecular weight excluding hydrogens is 444 g/mol. The Morgan fingerprint density at radius 1 is 1.20 bits per heavy atom. The van der Waals surface area contributed by atoms with Crippen LogP contribution in [0.25, 0.3) is 11.4 Å². The summed E-state index contributed by atoms with van der Waals surface area (Å²) in [7, 11) is 2.01. The Balaban J connectivity index is 1.50. The number of hydrogen-bond donors (Lipinski definition) is 2. The molecule has 4 heterocycles. The largest absolute Gasteiger partial charge is 0.377 e. The predicted octanol–water partition coefficient (Wildman–Crippen LogP) is 2.81. The Morgan fingerprint density at radius 3 is 2.74 bits per heavy atom. The minimum Gasteiger partial charge on any atom is -0.377 e. The van der Waals surface area contributed by atoms with E-state index in [4.69, 9.17) is 14.7 Å². The van der Waals surface area contributed by atoms with Crippen molar-refractivity contribution < 1.29 is 9.53 Å². The second kappa shape index (κ2) is 9.91. The fraction of sp³-hybridized carbons (Fsp3) is 0.440. The topological polar surface area (TPSA) is 100 Å². The highest BCUT2D eigenvalue weighted by molar-refractivity contribution is 5.89. The van der Waals surface area contributed by atoms with Crippen LogP contribution in [-0.2, 0) is 24.8 Å². The van der Waals surface area contributed by atoms with Crippen LogP contribution in [0.4, 0.5) is 22.2 Å². The van der Waals surface area contributed by atoms with Crippen molar-refractivity contribution in [1.82, 2.24) is 24.8 Å². The van der Waals surface area contributed by atoms with Crippen molar-refractivity contribution in [2.24, 2.45) is 7.05 Å². The number of rotatable bonds is 5. The van der Waals surface area contributed by atoms with Gasteiger partial charge in [0.2, 0.25) is 5.95 Å². The standard InChI is InChI=1S/C25H32N8O2/c1-4-26-24(34)28-19-7-5-18(6-8-19)22-29-21-15-32(25-27-10-12-31(25)3)11-9-20(21)23(30-22)33-13-14-35-16-17(33)2/h5-8,10,12,17H,4,9,11,13-16H2,1-3H3,(H2,26,28,34)/t17-/m0/s1. The zero-order valence-corrected chi connectivity index (χ0v) is 20.5. The quantitative estimate of drug-likeness (QED) is 0.584. The lowest BCUT2D eigenvalue weighted by atomic mass is 10.0. The zero-order chi connectivity index (χ0) is 24.4. The Labute approximate surface area is 205 Å². The first-order valence-corrected chi connectivity index (χ1v) is 12.1. The molecule has 10 nitrogen and oxygen atoms in total. The van der Waals surface area contributed by atoms with Gasteiger partial charge in [-0.25, -0.2) is 19.7 Å². The first-order valence-electron chi connectivity index (χ1n) is 12.1. The van der Waals surface area contributed by atoms with E-state index >= 15 is 0 Å². The van der Waals surface area contributed by atoms with Gasteiger partial charge in [0, 0.05) is 55.9 Å². The Bertz CT molecular complexity index is 1190. The summed E-state index contributed by atoms with van der Waals surface area (Å²) < 4.78 is 7.73. The number of aryl methyl sites for hydroxylation is 1. The fourth-order valence-electron chi connectivity index (χ4n) is 4.69. The number of amides is 2. The number of aromatic nitrogens is 4. The van der Waals surface area contributed by atoms with Gasteiger partial charge in [-0.1, -0.05) is 0 Å². The van der Waals surface area contributed by atoms with E-state index in [-0.39, 0.29) is 12.1 Å².